The molecule has 0 spiro atoms. The zero-order valence-corrected chi connectivity index (χ0v) is 7.82. The van der Waals surface area contributed by atoms with Gasteiger partial charge in [-0.25, -0.2) is 0 Å². The molecule has 0 amide bonds. The Morgan fingerprint density at radius 1 is 1.38 bits per heavy atom. The first-order chi connectivity index (χ1) is 6.29. The number of epoxide rings is 1. The van der Waals surface area contributed by atoms with E-state index in [4.69, 9.17) is 9.47 Å². The summed E-state index contributed by atoms with van der Waals surface area (Å²) in [5, 5.41) is 0. The van der Waals surface area contributed by atoms with Crippen LogP contribution in [0.3, 0.4) is 0 Å². The van der Waals surface area contributed by atoms with Crippen LogP contribution in [0.25, 0.3) is 0 Å². The van der Waals surface area contributed by atoms with Crippen molar-refractivity contribution in [2.24, 2.45) is 0 Å². The highest BCUT2D eigenvalue weighted by Crippen LogP contribution is 2.26. The third-order valence-electron chi connectivity index (χ3n) is 2.16. The summed E-state index contributed by atoms with van der Waals surface area (Å²) in [6, 6.07) is 10.2. The van der Waals surface area contributed by atoms with Crippen LogP contribution in [-0.4, -0.2) is 18.8 Å². The molecule has 1 aliphatic rings. The molecule has 0 N–H and O–H groups in total. The minimum atomic E-state index is 0.00871. The van der Waals surface area contributed by atoms with Gasteiger partial charge in [-0.2, -0.15) is 0 Å². The van der Waals surface area contributed by atoms with Crippen LogP contribution in [0.1, 0.15) is 12.5 Å². The molecule has 0 radical (unpaired) electrons. The number of hydrogen-bond acceptors (Lipinski definition) is 2. The van der Waals surface area contributed by atoms with Gasteiger partial charge in [-0.15, -0.1) is 0 Å². The van der Waals surface area contributed by atoms with Crippen molar-refractivity contribution < 1.29 is 9.47 Å². The van der Waals surface area contributed by atoms with Gasteiger partial charge in [0.25, 0.3) is 0 Å². The maximum absolute atomic E-state index is 5.52. The van der Waals surface area contributed by atoms with Crippen LogP contribution in [0.5, 0.6) is 0 Å². The van der Waals surface area contributed by atoms with Gasteiger partial charge in [0.15, 0.2) is 0 Å². The lowest BCUT2D eigenvalue weighted by Crippen LogP contribution is -2.14. The molecule has 13 heavy (non-hydrogen) atoms. The third kappa shape index (κ3) is 2.54. The van der Waals surface area contributed by atoms with E-state index in [-0.39, 0.29) is 5.60 Å². The van der Waals surface area contributed by atoms with E-state index in [1.165, 1.54) is 5.56 Å². The van der Waals surface area contributed by atoms with Crippen LogP contribution in [0, 0.1) is 0 Å². The van der Waals surface area contributed by atoms with Gasteiger partial charge in [-0.3, -0.25) is 0 Å². The standard InChI is InChI=1S/C11H14O2/c1-11(9-13-11)8-12-7-10-5-3-2-4-6-10/h2-6H,7-9H2,1H3/t11-/m0/s1. The van der Waals surface area contributed by atoms with Crippen molar-refractivity contribution >= 4 is 0 Å². The van der Waals surface area contributed by atoms with Gasteiger partial charge in [0, 0.05) is 0 Å². The van der Waals surface area contributed by atoms with Crippen molar-refractivity contribution in [1.29, 1.82) is 0 Å². The lowest BCUT2D eigenvalue weighted by molar-refractivity contribution is 0.0742. The molecule has 70 valence electrons. The number of benzene rings is 1. The van der Waals surface area contributed by atoms with Crippen LogP contribution in [0.2, 0.25) is 0 Å². The molecule has 1 heterocycles. The summed E-state index contributed by atoms with van der Waals surface area (Å²) in [5.74, 6) is 0. The van der Waals surface area contributed by atoms with Gasteiger partial charge >= 0.3 is 0 Å². The summed E-state index contributed by atoms with van der Waals surface area (Å²) in [4.78, 5) is 0. The van der Waals surface area contributed by atoms with Crippen molar-refractivity contribution in [3.05, 3.63) is 35.9 Å². The fraction of sp³-hybridized carbons (Fsp3) is 0.455. The maximum atomic E-state index is 5.52. The van der Waals surface area contributed by atoms with E-state index in [1.54, 1.807) is 0 Å². The molecule has 1 saturated heterocycles. The summed E-state index contributed by atoms with van der Waals surface area (Å²) in [5.41, 5.74) is 1.22. The Hall–Kier alpha value is -0.860. The van der Waals surface area contributed by atoms with E-state index in [1.807, 2.05) is 18.2 Å². The van der Waals surface area contributed by atoms with E-state index in [9.17, 15) is 0 Å². The Bertz CT molecular complexity index is 265. The molecule has 0 bridgehead atoms. The predicted molar refractivity (Wildman–Crippen MR) is 50.5 cm³/mol. The first kappa shape index (κ1) is 8.73. The average molecular weight is 178 g/mol. The molecule has 2 heteroatoms. The average Bonchev–Trinajstić information content (AvgIpc) is 2.86. The molecule has 2 nitrogen and oxygen atoms in total. The number of ether oxygens (including phenoxy) is 2. The van der Waals surface area contributed by atoms with Crippen molar-refractivity contribution in [3.8, 4) is 0 Å². The normalized spacial score (nSPS) is 25.9. The Morgan fingerprint density at radius 2 is 2.08 bits per heavy atom. The molecule has 1 aromatic rings. The highest BCUT2D eigenvalue weighted by molar-refractivity contribution is 5.13. The molecular weight excluding hydrogens is 164 g/mol. The van der Waals surface area contributed by atoms with Crippen LogP contribution in [0.4, 0.5) is 0 Å². The SMILES string of the molecule is C[C@]1(COCc2ccccc2)CO1. The lowest BCUT2D eigenvalue weighted by Gasteiger charge is -2.06. The van der Waals surface area contributed by atoms with E-state index in [0.717, 1.165) is 6.61 Å². The van der Waals surface area contributed by atoms with Gasteiger partial charge < -0.3 is 9.47 Å². The molecule has 1 atom stereocenters. The molecule has 1 aromatic carbocycles. The fourth-order valence-electron chi connectivity index (χ4n) is 1.17. The first-order valence-electron chi connectivity index (χ1n) is 4.54. The predicted octanol–water partition coefficient (Wildman–Crippen LogP) is 1.99. The zero-order valence-electron chi connectivity index (χ0n) is 7.82. The molecule has 1 fully saturated rings. The lowest BCUT2D eigenvalue weighted by atomic mass is 10.2. The molecule has 0 aliphatic carbocycles. The zero-order chi connectivity index (χ0) is 9.15. The van der Waals surface area contributed by atoms with E-state index in [0.29, 0.717) is 13.2 Å². The highest BCUT2D eigenvalue weighted by Gasteiger charge is 2.39. The van der Waals surface area contributed by atoms with Crippen molar-refractivity contribution in [1.82, 2.24) is 0 Å². The fourth-order valence-corrected chi connectivity index (χ4v) is 1.17. The van der Waals surface area contributed by atoms with Crippen LogP contribution < -0.4 is 0 Å². The summed E-state index contributed by atoms with van der Waals surface area (Å²) in [6.07, 6.45) is 0. The molecule has 0 aromatic heterocycles. The smallest absolute Gasteiger partial charge is 0.112 e. The van der Waals surface area contributed by atoms with Crippen LogP contribution in [0.15, 0.2) is 30.3 Å². The minimum absolute atomic E-state index is 0.00871. The van der Waals surface area contributed by atoms with Gasteiger partial charge in [0.2, 0.25) is 0 Å². The highest BCUT2D eigenvalue weighted by atomic mass is 16.6. The Labute approximate surface area is 78.5 Å². The number of rotatable bonds is 4. The van der Waals surface area contributed by atoms with Crippen molar-refractivity contribution in [2.75, 3.05) is 13.2 Å². The van der Waals surface area contributed by atoms with Crippen LogP contribution in [-0.2, 0) is 16.1 Å². The van der Waals surface area contributed by atoms with Gasteiger partial charge in [0.05, 0.1) is 19.8 Å². The van der Waals surface area contributed by atoms with Gasteiger partial charge in [-0.1, -0.05) is 30.3 Å². The second kappa shape index (κ2) is 3.48. The van der Waals surface area contributed by atoms with Crippen LogP contribution >= 0.6 is 0 Å². The molecular formula is C11H14O2. The number of hydrogen-bond donors (Lipinski definition) is 0. The van der Waals surface area contributed by atoms with Gasteiger partial charge in [-0.05, 0) is 12.5 Å². The monoisotopic (exact) mass is 178 g/mol. The molecule has 0 saturated carbocycles. The Balaban J connectivity index is 1.74. The summed E-state index contributed by atoms with van der Waals surface area (Å²) in [6.45, 7) is 4.28. The summed E-state index contributed by atoms with van der Waals surface area (Å²) in [7, 11) is 0. The Kier molecular flexibility index (Phi) is 2.34. The first-order valence-corrected chi connectivity index (χ1v) is 4.54. The topological polar surface area (TPSA) is 21.8 Å². The third-order valence-corrected chi connectivity index (χ3v) is 2.16. The molecule has 0 unspecified atom stereocenters. The summed E-state index contributed by atoms with van der Waals surface area (Å²) < 4.78 is 10.7. The molecule has 2 rings (SSSR count). The van der Waals surface area contributed by atoms with Gasteiger partial charge in [0.1, 0.15) is 5.60 Å². The summed E-state index contributed by atoms with van der Waals surface area (Å²) >= 11 is 0. The molecule has 1 aliphatic heterocycles. The van der Waals surface area contributed by atoms with E-state index in [2.05, 4.69) is 19.1 Å². The van der Waals surface area contributed by atoms with Crippen molar-refractivity contribution in [2.45, 2.75) is 19.1 Å². The second-order valence-electron chi connectivity index (χ2n) is 3.72. The van der Waals surface area contributed by atoms with E-state index < -0.39 is 0 Å². The van der Waals surface area contributed by atoms with Crippen molar-refractivity contribution in [3.63, 3.8) is 0 Å². The second-order valence-corrected chi connectivity index (χ2v) is 3.72. The Morgan fingerprint density at radius 3 is 2.69 bits per heavy atom. The minimum Gasteiger partial charge on any atom is -0.374 e. The largest absolute Gasteiger partial charge is 0.374 e. The maximum Gasteiger partial charge on any atom is 0.112 e. The van der Waals surface area contributed by atoms with E-state index >= 15 is 0 Å². The quantitative estimate of drug-likeness (QED) is 0.658.